The highest BCUT2D eigenvalue weighted by Crippen LogP contribution is 2.34. The first-order valence-electron chi connectivity index (χ1n) is 7.38. The van der Waals surface area contributed by atoms with E-state index in [1.807, 2.05) is 22.2 Å². The molecule has 8 heteroatoms. The van der Waals surface area contributed by atoms with Gasteiger partial charge in [0.25, 0.3) is 0 Å². The average molecular weight is 396 g/mol. The summed E-state index contributed by atoms with van der Waals surface area (Å²) in [5.41, 5.74) is -0.756. The van der Waals surface area contributed by atoms with Gasteiger partial charge in [-0.15, -0.1) is 11.3 Å². The van der Waals surface area contributed by atoms with Gasteiger partial charge < -0.3 is 9.84 Å². The fourth-order valence-corrected chi connectivity index (χ4v) is 5.06. The summed E-state index contributed by atoms with van der Waals surface area (Å²) < 4.78 is 32.8. The van der Waals surface area contributed by atoms with Crippen LogP contribution in [0.1, 0.15) is 10.4 Å². The predicted octanol–water partition coefficient (Wildman–Crippen LogP) is 3.03. The number of nitrogens with one attached hydrogen (secondary N) is 1. The molecule has 0 saturated heterocycles. The molecule has 2 N–H and O–H groups in total. The van der Waals surface area contributed by atoms with Crippen LogP contribution in [0.25, 0.3) is 0 Å². The molecule has 3 rings (SSSR count). The van der Waals surface area contributed by atoms with E-state index in [0.29, 0.717) is 16.2 Å². The first kappa shape index (κ1) is 18.1. The van der Waals surface area contributed by atoms with Crippen molar-refractivity contribution in [3.63, 3.8) is 0 Å². The lowest BCUT2D eigenvalue weighted by Crippen LogP contribution is -2.40. The maximum atomic E-state index is 12.6. The maximum absolute atomic E-state index is 12.6. The van der Waals surface area contributed by atoms with Crippen LogP contribution >= 0.6 is 22.7 Å². The van der Waals surface area contributed by atoms with Crippen LogP contribution in [0.4, 0.5) is 0 Å². The van der Waals surface area contributed by atoms with E-state index in [-0.39, 0.29) is 11.4 Å². The second-order valence-corrected chi connectivity index (χ2v) is 8.85. The molecule has 0 radical (unpaired) electrons. The summed E-state index contributed by atoms with van der Waals surface area (Å²) in [5, 5.41) is 16.7. The van der Waals surface area contributed by atoms with Crippen LogP contribution in [0, 0.1) is 0 Å². The Morgan fingerprint density at radius 3 is 2.68 bits per heavy atom. The van der Waals surface area contributed by atoms with E-state index in [9.17, 15) is 13.5 Å². The van der Waals surface area contributed by atoms with Gasteiger partial charge in [-0.05, 0) is 40.4 Å². The van der Waals surface area contributed by atoms with Gasteiger partial charge in [0.1, 0.15) is 11.4 Å². The van der Waals surface area contributed by atoms with E-state index < -0.39 is 15.6 Å². The summed E-state index contributed by atoms with van der Waals surface area (Å²) in [6, 6.07) is 11.6. The molecule has 1 atom stereocenters. The molecule has 0 spiro atoms. The molecule has 5 nitrogen and oxygen atoms in total. The van der Waals surface area contributed by atoms with Gasteiger partial charge in [0.05, 0.1) is 12.0 Å². The number of aliphatic hydroxyl groups is 1. The zero-order valence-electron chi connectivity index (χ0n) is 13.4. The first-order valence-corrected chi connectivity index (χ1v) is 10.7. The molecule has 0 unspecified atom stereocenters. The highest BCUT2D eigenvalue weighted by Gasteiger charge is 2.34. The monoisotopic (exact) mass is 395 g/mol. The highest BCUT2D eigenvalue weighted by molar-refractivity contribution is 7.89. The lowest BCUT2D eigenvalue weighted by atomic mass is 9.95. The SMILES string of the molecule is COc1cccc(S(=O)(=O)NC[C@@](O)(c2ccsc2)c2cccs2)c1. The van der Waals surface area contributed by atoms with E-state index in [4.69, 9.17) is 4.74 Å². The van der Waals surface area contributed by atoms with Crippen molar-refractivity contribution in [2.75, 3.05) is 13.7 Å². The lowest BCUT2D eigenvalue weighted by Gasteiger charge is -2.27. The zero-order chi connectivity index (χ0) is 17.9. The summed E-state index contributed by atoms with van der Waals surface area (Å²) in [6.45, 7) is -0.163. The Labute approximate surface area is 154 Å². The van der Waals surface area contributed by atoms with Crippen molar-refractivity contribution in [2.24, 2.45) is 0 Å². The summed E-state index contributed by atoms with van der Waals surface area (Å²) in [6.07, 6.45) is 0. The van der Waals surface area contributed by atoms with Crippen molar-refractivity contribution in [3.05, 3.63) is 69.0 Å². The molecule has 0 aliphatic rings. The van der Waals surface area contributed by atoms with Gasteiger partial charge in [0.2, 0.25) is 10.0 Å². The fraction of sp³-hybridized carbons (Fsp3) is 0.176. The van der Waals surface area contributed by atoms with Crippen molar-refractivity contribution >= 4 is 32.7 Å². The molecular formula is C17H17NO4S3. The van der Waals surface area contributed by atoms with Gasteiger partial charge in [-0.1, -0.05) is 12.1 Å². The summed E-state index contributed by atoms with van der Waals surface area (Å²) >= 11 is 2.83. The van der Waals surface area contributed by atoms with Gasteiger partial charge in [-0.3, -0.25) is 0 Å². The van der Waals surface area contributed by atoms with E-state index in [2.05, 4.69) is 4.72 Å². The standard InChI is InChI=1S/C17H17NO4S3/c1-22-14-4-2-5-15(10-14)25(20,21)18-12-17(19,13-7-9-23-11-13)16-6-3-8-24-16/h2-11,18-19H,12H2,1H3/t17-/m1/s1. The second-order valence-electron chi connectivity index (χ2n) is 5.35. The molecule has 0 aliphatic carbocycles. The van der Waals surface area contributed by atoms with Crippen molar-refractivity contribution in [3.8, 4) is 5.75 Å². The molecule has 2 aromatic heterocycles. The van der Waals surface area contributed by atoms with Crippen molar-refractivity contribution in [1.82, 2.24) is 4.72 Å². The smallest absolute Gasteiger partial charge is 0.240 e. The Bertz CT molecular complexity index is 884. The van der Waals surface area contributed by atoms with Gasteiger partial charge >= 0.3 is 0 Å². The van der Waals surface area contributed by atoms with Gasteiger partial charge in [0, 0.05) is 23.1 Å². The van der Waals surface area contributed by atoms with Crippen molar-refractivity contribution in [1.29, 1.82) is 0 Å². The van der Waals surface area contributed by atoms with Crippen LogP contribution in [0.3, 0.4) is 0 Å². The van der Waals surface area contributed by atoms with Gasteiger partial charge in [0.15, 0.2) is 0 Å². The van der Waals surface area contributed by atoms with E-state index in [1.165, 1.54) is 41.9 Å². The molecule has 3 aromatic rings. The molecule has 0 bridgehead atoms. The lowest BCUT2D eigenvalue weighted by molar-refractivity contribution is 0.0903. The first-order chi connectivity index (χ1) is 12.0. The zero-order valence-corrected chi connectivity index (χ0v) is 15.8. The molecule has 0 amide bonds. The molecule has 2 heterocycles. The van der Waals surface area contributed by atoms with Gasteiger partial charge in [-0.2, -0.15) is 11.3 Å². The Morgan fingerprint density at radius 1 is 1.20 bits per heavy atom. The van der Waals surface area contributed by atoms with Crippen LogP contribution in [-0.4, -0.2) is 27.2 Å². The van der Waals surface area contributed by atoms with Crippen LogP contribution in [-0.2, 0) is 15.6 Å². The average Bonchev–Trinajstić information content (AvgIpc) is 3.33. The Kier molecular flexibility index (Phi) is 5.26. The largest absolute Gasteiger partial charge is 0.497 e. The maximum Gasteiger partial charge on any atom is 0.240 e. The number of methoxy groups -OCH3 is 1. The predicted molar refractivity (Wildman–Crippen MR) is 99.8 cm³/mol. The number of ether oxygens (including phenoxy) is 1. The number of rotatable bonds is 7. The van der Waals surface area contributed by atoms with E-state index >= 15 is 0 Å². The second kappa shape index (κ2) is 7.27. The molecular weight excluding hydrogens is 378 g/mol. The topological polar surface area (TPSA) is 75.6 Å². The number of benzene rings is 1. The van der Waals surface area contributed by atoms with Gasteiger partial charge in [-0.25, -0.2) is 13.1 Å². The molecule has 0 aliphatic heterocycles. The number of sulfonamides is 1. The molecule has 25 heavy (non-hydrogen) atoms. The molecule has 132 valence electrons. The number of thiophene rings is 2. The minimum absolute atomic E-state index is 0.0886. The van der Waals surface area contributed by atoms with E-state index in [1.54, 1.807) is 24.3 Å². The Hall–Kier alpha value is -1.71. The molecule has 1 aromatic carbocycles. The summed E-state index contributed by atoms with van der Waals surface area (Å²) in [7, 11) is -2.31. The Morgan fingerprint density at radius 2 is 2.04 bits per heavy atom. The fourth-order valence-electron chi connectivity index (χ4n) is 2.40. The van der Waals surface area contributed by atoms with Crippen molar-refractivity contribution in [2.45, 2.75) is 10.5 Å². The third-order valence-electron chi connectivity index (χ3n) is 3.80. The summed E-state index contributed by atoms with van der Waals surface area (Å²) in [4.78, 5) is 0.768. The normalized spacial score (nSPS) is 14.2. The molecule has 0 fully saturated rings. The highest BCUT2D eigenvalue weighted by atomic mass is 32.2. The van der Waals surface area contributed by atoms with Crippen LogP contribution in [0.2, 0.25) is 0 Å². The minimum Gasteiger partial charge on any atom is -0.497 e. The van der Waals surface area contributed by atoms with E-state index in [0.717, 1.165) is 0 Å². The van der Waals surface area contributed by atoms with Crippen LogP contribution < -0.4 is 9.46 Å². The third kappa shape index (κ3) is 3.78. The van der Waals surface area contributed by atoms with Crippen molar-refractivity contribution < 1.29 is 18.3 Å². The third-order valence-corrected chi connectivity index (χ3v) is 6.90. The van der Waals surface area contributed by atoms with Crippen LogP contribution in [0.15, 0.2) is 63.5 Å². The minimum atomic E-state index is -3.79. The Balaban J connectivity index is 1.89. The van der Waals surface area contributed by atoms with Crippen LogP contribution in [0.5, 0.6) is 5.75 Å². The summed E-state index contributed by atoms with van der Waals surface area (Å²) in [5.74, 6) is 0.453. The number of hydrogen-bond acceptors (Lipinski definition) is 6. The number of hydrogen-bond donors (Lipinski definition) is 2. The molecule has 0 saturated carbocycles. The quantitative estimate of drug-likeness (QED) is 0.645.